The Kier molecular flexibility index (Phi) is 9.91. The van der Waals surface area contributed by atoms with Gasteiger partial charge in [-0.05, 0) is 51.7 Å². The Labute approximate surface area is 239 Å². The van der Waals surface area contributed by atoms with Gasteiger partial charge in [0.15, 0.2) is 5.17 Å². The van der Waals surface area contributed by atoms with Gasteiger partial charge in [-0.3, -0.25) is 4.99 Å². The van der Waals surface area contributed by atoms with Gasteiger partial charge in [-0.25, -0.2) is 0 Å². The average Bonchev–Trinajstić information content (AvgIpc) is 3.64. The number of aromatic nitrogens is 1. The van der Waals surface area contributed by atoms with Crippen LogP contribution in [-0.4, -0.2) is 63.8 Å². The molecule has 1 saturated heterocycles. The molecule has 0 radical (unpaired) electrons. The van der Waals surface area contributed by atoms with E-state index >= 15 is 0 Å². The lowest BCUT2D eigenvalue weighted by molar-refractivity contribution is -0.274. The van der Waals surface area contributed by atoms with Crippen molar-refractivity contribution in [2.75, 3.05) is 18.6 Å². The average molecular weight is 668 g/mol. The molecular formula is C26H33F3IN3O4S. The molecule has 1 aromatic heterocycles. The zero-order chi connectivity index (χ0) is 27.4. The van der Waals surface area contributed by atoms with Gasteiger partial charge < -0.3 is 23.6 Å². The van der Waals surface area contributed by atoms with Gasteiger partial charge in [0, 0.05) is 47.7 Å². The van der Waals surface area contributed by atoms with Crippen molar-refractivity contribution in [2.24, 2.45) is 4.99 Å². The highest BCUT2D eigenvalue weighted by Crippen LogP contribution is 2.46. The van der Waals surface area contributed by atoms with E-state index in [0.29, 0.717) is 17.0 Å². The number of alkyl halides is 4. The second-order valence-corrected chi connectivity index (χ2v) is 11.7. The van der Waals surface area contributed by atoms with E-state index in [-0.39, 0.29) is 47.5 Å². The third-order valence-corrected chi connectivity index (χ3v) is 8.94. The Bertz CT molecular complexity index is 1110. The van der Waals surface area contributed by atoms with Crippen LogP contribution in [0.3, 0.4) is 0 Å². The molecule has 2 heterocycles. The van der Waals surface area contributed by atoms with Crippen LogP contribution in [-0.2, 0) is 16.1 Å². The summed E-state index contributed by atoms with van der Waals surface area (Å²) in [6.45, 7) is 4.38. The van der Waals surface area contributed by atoms with Crippen molar-refractivity contribution >= 4 is 39.5 Å². The van der Waals surface area contributed by atoms with E-state index in [0.717, 1.165) is 35.3 Å². The van der Waals surface area contributed by atoms with E-state index in [9.17, 15) is 13.2 Å². The number of amidine groups is 1. The molecule has 0 N–H and O–H groups in total. The zero-order valence-corrected chi connectivity index (χ0v) is 24.8. The first-order chi connectivity index (χ1) is 18.1. The maximum atomic E-state index is 13.1. The summed E-state index contributed by atoms with van der Waals surface area (Å²) in [5.41, 5.74) is 1.27. The minimum atomic E-state index is -4.81. The van der Waals surface area contributed by atoms with E-state index in [4.69, 9.17) is 14.0 Å². The number of ether oxygens (including phenoxy) is 3. The summed E-state index contributed by atoms with van der Waals surface area (Å²) >= 11 is 4.00. The topological polar surface area (TPSA) is 69.3 Å². The van der Waals surface area contributed by atoms with E-state index < -0.39 is 6.36 Å². The van der Waals surface area contributed by atoms with Crippen molar-refractivity contribution in [2.45, 2.75) is 82.0 Å². The summed E-state index contributed by atoms with van der Waals surface area (Å²) in [5.74, 6) is 0.609. The number of aliphatic imine (C=N–C) groups is 1. The van der Waals surface area contributed by atoms with Gasteiger partial charge in [0.1, 0.15) is 22.6 Å². The Morgan fingerprint density at radius 3 is 2.66 bits per heavy atom. The lowest BCUT2D eigenvalue weighted by Crippen LogP contribution is -2.53. The van der Waals surface area contributed by atoms with Crippen molar-refractivity contribution in [3.8, 4) is 17.0 Å². The molecule has 4 atom stereocenters. The van der Waals surface area contributed by atoms with Crippen LogP contribution < -0.4 is 4.74 Å². The Morgan fingerprint density at radius 1 is 1.29 bits per heavy atom. The molecule has 210 valence electrons. The number of benzene rings is 1. The number of piperidine rings is 1. The maximum Gasteiger partial charge on any atom is 0.573 e. The SMILES string of the molecule is C/N=C(\SC(C)OC)N1C(CI)C[C@@H](OCc2c(-c3ccccc3OC(F)(F)F)noc2C2CC2)C[C@H]1C. The number of hydrogen-bond acceptors (Lipinski definition) is 7. The summed E-state index contributed by atoms with van der Waals surface area (Å²) in [6.07, 6.45) is -1.31. The van der Waals surface area contributed by atoms with Crippen molar-refractivity contribution in [3.63, 3.8) is 0 Å². The molecular weight excluding hydrogens is 634 g/mol. The van der Waals surface area contributed by atoms with Crippen LogP contribution in [0.2, 0.25) is 0 Å². The Hall–Kier alpha value is -1.51. The van der Waals surface area contributed by atoms with Crippen molar-refractivity contribution in [3.05, 3.63) is 35.6 Å². The van der Waals surface area contributed by atoms with Crippen LogP contribution >= 0.6 is 34.4 Å². The molecule has 7 nitrogen and oxygen atoms in total. The minimum absolute atomic E-state index is 0.0122. The van der Waals surface area contributed by atoms with Gasteiger partial charge in [-0.1, -0.05) is 51.6 Å². The fraction of sp³-hybridized carbons (Fsp3) is 0.615. The lowest BCUT2D eigenvalue weighted by atomic mass is 9.95. The highest BCUT2D eigenvalue weighted by atomic mass is 127. The fourth-order valence-corrected chi connectivity index (χ4v) is 6.56. The van der Waals surface area contributed by atoms with Crippen LogP contribution in [0.5, 0.6) is 5.75 Å². The number of para-hydroxylation sites is 1. The third kappa shape index (κ3) is 7.16. The van der Waals surface area contributed by atoms with Crippen LogP contribution in [0.15, 0.2) is 33.8 Å². The standard InChI is InChI=1S/C26H33F3IN3O4S/c1-15-11-19(12-18(13-30)33(15)25(31-3)38-16(2)34-4)35-14-21-23(32-37-24(21)17-9-10-17)20-7-5-6-8-22(20)36-26(27,28)29/h5-8,15-19H,9-14H2,1-4H3/b31-25-/t15-,16?,18?,19+/m1/s1. The van der Waals surface area contributed by atoms with Crippen molar-refractivity contribution < 1.29 is 31.9 Å². The predicted molar refractivity (Wildman–Crippen MR) is 150 cm³/mol. The lowest BCUT2D eigenvalue weighted by Gasteiger charge is -2.45. The number of hydrogen-bond donors (Lipinski definition) is 0. The van der Waals surface area contributed by atoms with Crippen LogP contribution in [0.1, 0.15) is 56.8 Å². The van der Waals surface area contributed by atoms with E-state index in [1.165, 1.54) is 12.1 Å². The van der Waals surface area contributed by atoms with E-state index in [1.54, 1.807) is 38.1 Å². The van der Waals surface area contributed by atoms with Crippen LogP contribution in [0.4, 0.5) is 13.2 Å². The summed E-state index contributed by atoms with van der Waals surface area (Å²) in [4.78, 5) is 6.90. The Balaban J connectivity index is 1.53. The molecule has 2 fully saturated rings. The summed E-state index contributed by atoms with van der Waals surface area (Å²) < 4.78 is 62.0. The van der Waals surface area contributed by atoms with Gasteiger partial charge in [-0.15, -0.1) is 13.2 Å². The second kappa shape index (κ2) is 12.8. The molecule has 1 saturated carbocycles. The molecule has 38 heavy (non-hydrogen) atoms. The second-order valence-electron chi connectivity index (χ2n) is 9.59. The fourth-order valence-electron chi connectivity index (χ4n) is 4.83. The smallest absolute Gasteiger partial charge is 0.405 e. The number of rotatable bonds is 9. The minimum Gasteiger partial charge on any atom is -0.405 e. The molecule has 2 aliphatic rings. The number of nitrogens with zero attached hydrogens (tertiary/aromatic N) is 3. The summed E-state index contributed by atoms with van der Waals surface area (Å²) in [6, 6.07) is 6.43. The van der Waals surface area contributed by atoms with Gasteiger partial charge in [0.25, 0.3) is 0 Å². The van der Waals surface area contributed by atoms with Crippen molar-refractivity contribution in [1.29, 1.82) is 0 Å². The first-order valence-electron chi connectivity index (χ1n) is 12.6. The summed E-state index contributed by atoms with van der Waals surface area (Å²) in [7, 11) is 3.49. The molecule has 0 spiro atoms. The van der Waals surface area contributed by atoms with Gasteiger partial charge >= 0.3 is 6.36 Å². The molecule has 0 bridgehead atoms. The number of halogens is 4. The number of methoxy groups -OCH3 is 1. The highest BCUT2D eigenvalue weighted by molar-refractivity contribution is 14.1. The number of likely N-dealkylation sites (tertiary alicyclic amines) is 1. The Morgan fingerprint density at radius 2 is 2.03 bits per heavy atom. The molecule has 2 unspecified atom stereocenters. The maximum absolute atomic E-state index is 13.1. The van der Waals surface area contributed by atoms with E-state index in [2.05, 4.69) is 49.3 Å². The van der Waals surface area contributed by atoms with Crippen LogP contribution in [0, 0.1) is 0 Å². The van der Waals surface area contributed by atoms with Crippen LogP contribution in [0.25, 0.3) is 11.3 Å². The normalized spacial score (nSPS) is 23.5. The molecule has 1 aromatic carbocycles. The molecule has 2 aromatic rings. The molecule has 12 heteroatoms. The third-order valence-electron chi connectivity index (χ3n) is 6.80. The summed E-state index contributed by atoms with van der Waals surface area (Å²) in [5, 5.41) is 5.14. The predicted octanol–water partition coefficient (Wildman–Crippen LogP) is 7.00. The monoisotopic (exact) mass is 667 g/mol. The zero-order valence-electron chi connectivity index (χ0n) is 21.8. The van der Waals surface area contributed by atoms with E-state index in [1.807, 2.05) is 6.92 Å². The molecule has 1 aliphatic carbocycles. The molecule has 0 amide bonds. The van der Waals surface area contributed by atoms with Gasteiger partial charge in [-0.2, -0.15) is 0 Å². The highest BCUT2D eigenvalue weighted by Gasteiger charge is 2.38. The molecule has 1 aliphatic heterocycles. The first-order valence-corrected chi connectivity index (χ1v) is 15.0. The molecule has 4 rings (SSSR count). The van der Waals surface area contributed by atoms with Gasteiger partial charge in [0.05, 0.1) is 12.7 Å². The first kappa shape index (κ1) is 29.5. The quantitative estimate of drug-likeness (QED) is 0.0938. The number of thioether (sulfide) groups is 1. The largest absolute Gasteiger partial charge is 0.573 e. The van der Waals surface area contributed by atoms with Crippen molar-refractivity contribution in [1.82, 2.24) is 10.1 Å². The van der Waals surface area contributed by atoms with Gasteiger partial charge in [0.2, 0.25) is 0 Å².